The zero-order valence-corrected chi connectivity index (χ0v) is 13.8. The summed E-state index contributed by atoms with van der Waals surface area (Å²) in [6.07, 6.45) is 4.91. The Morgan fingerprint density at radius 2 is 2.33 bits per heavy atom. The summed E-state index contributed by atoms with van der Waals surface area (Å²) < 4.78 is 11.6. The van der Waals surface area contributed by atoms with Crippen molar-refractivity contribution < 1.29 is 9.15 Å². The Kier molecular flexibility index (Phi) is 6.74. The number of hydrogen-bond donors (Lipinski definition) is 1. The van der Waals surface area contributed by atoms with Crippen molar-refractivity contribution in [2.75, 3.05) is 26.7 Å². The normalized spacial score (nSPS) is 19.5. The van der Waals surface area contributed by atoms with Crippen LogP contribution >= 0.6 is 0 Å². The molecule has 1 aliphatic rings. The van der Waals surface area contributed by atoms with Gasteiger partial charge < -0.3 is 19.4 Å². The monoisotopic (exact) mass is 294 g/mol. The Morgan fingerprint density at radius 3 is 3.05 bits per heavy atom. The summed E-state index contributed by atoms with van der Waals surface area (Å²) in [4.78, 5) is 2.44. The zero-order chi connectivity index (χ0) is 15.1. The third kappa shape index (κ3) is 5.13. The van der Waals surface area contributed by atoms with Crippen LogP contribution in [-0.4, -0.2) is 37.7 Å². The number of likely N-dealkylation sites (tertiary alicyclic amines) is 1. The Morgan fingerprint density at radius 1 is 1.48 bits per heavy atom. The molecule has 0 aromatic carbocycles. The lowest BCUT2D eigenvalue weighted by molar-refractivity contribution is 0.0886. The number of nitrogens with one attached hydrogen (secondary N) is 1. The van der Waals surface area contributed by atoms with Gasteiger partial charge in [-0.15, -0.1) is 0 Å². The molecule has 1 atom stereocenters. The molecule has 1 fully saturated rings. The second kappa shape index (κ2) is 8.57. The van der Waals surface area contributed by atoms with Crippen molar-refractivity contribution in [3.8, 4) is 0 Å². The van der Waals surface area contributed by atoms with Crippen molar-refractivity contribution in [1.82, 2.24) is 10.2 Å². The van der Waals surface area contributed by atoms with Crippen LogP contribution in [0.15, 0.2) is 10.5 Å². The molecule has 1 unspecified atom stereocenters. The molecule has 1 saturated heterocycles. The lowest BCUT2D eigenvalue weighted by atomic mass is 10.1. The fourth-order valence-electron chi connectivity index (χ4n) is 2.95. The van der Waals surface area contributed by atoms with Gasteiger partial charge in [-0.1, -0.05) is 6.92 Å². The molecule has 120 valence electrons. The van der Waals surface area contributed by atoms with E-state index in [4.69, 9.17) is 9.15 Å². The highest BCUT2D eigenvalue weighted by Crippen LogP contribution is 2.19. The second-order valence-electron chi connectivity index (χ2n) is 6.11. The predicted molar refractivity (Wildman–Crippen MR) is 85.4 cm³/mol. The van der Waals surface area contributed by atoms with Crippen LogP contribution in [0.25, 0.3) is 0 Å². The van der Waals surface area contributed by atoms with E-state index in [0.29, 0.717) is 12.6 Å². The van der Waals surface area contributed by atoms with Gasteiger partial charge in [-0.2, -0.15) is 0 Å². The summed E-state index contributed by atoms with van der Waals surface area (Å²) in [6, 6.07) is 2.81. The molecule has 1 aromatic heterocycles. The van der Waals surface area contributed by atoms with Crippen molar-refractivity contribution >= 4 is 0 Å². The molecule has 0 saturated carbocycles. The highest BCUT2D eigenvalue weighted by atomic mass is 16.5. The van der Waals surface area contributed by atoms with Gasteiger partial charge in [0.05, 0.1) is 6.54 Å². The van der Waals surface area contributed by atoms with Crippen molar-refractivity contribution in [3.05, 3.63) is 23.2 Å². The summed E-state index contributed by atoms with van der Waals surface area (Å²) in [5, 5.41) is 3.37. The summed E-state index contributed by atoms with van der Waals surface area (Å²) in [7, 11) is 2.21. The molecular weight excluding hydrogens is 264 g/mol. The SMILES string of the molecule is CCCNCc1oc(COCCC2CCCN2C)cc1C. The van der Waals surface area contributed by atoms with Crippen LogP contribution < -0.4 is 5.32 Å². The summed E-state index contributed by atoms with van der Waals surface area (Å²) in [5.74, 6) is 1.98. The van der Waals surface area contributed by atoms with Gasteiger partial charge >= 0.3 is 0 Å². The van der Waals surface area contributed by atoms with Gasteiger partial charge in [-0.3, -0.25) is 0 Å². The van der Waals surface area contributed by atoms with Gasteiger partial charge in [-0.25, -0.2) is 0 Å². The molecule has 0 aliphatic carbocycles. The molecule has 2 rings (SSSR count). The molecule has 0 radical (unpaired) electrons. The van der Waals surface area contributed by atoms with Crippen molar-refractivity contribution in [1.29, 1.82) is 0 Å². The summed E-state index contributed by atoms with van der Waals surface area (Å²) in [6.45, 7) is 8.75. The van der Waals surface area contributed by atoms with Crippen LogP contribution in [0.1, 0.15) is 49.7 Å². The lowest BCUT2D eigenvalue weighted by Gasteiger charge is -2.18. The van der Waals surface area contributed by atoms with E-state index in [2.05, 4.69) is 37.2 Å². The number of ether oxygens (including phenoxy) is 1. The third-order valence-electron chi connectivity index (χ3n) is 4.30. The number of furan rings is 1. The average molecular weight is 294 g/mol. The van der Waals surface area contributed by atoms with Gasteiger partial charge in [0.2, 0.25) is 0 Å². The first-order valence-corrected chi connectivity index (χ1v) is 8.27. The first-order chi connectivity index (χ1) is 10.2. The molecule has 0 bridgehead atoms. The van der Waals surface area contributed by atoms with E-state index in [1.165, 1.54) is 24.9 Å². The Hall–Kier alpha value is -0.840. The molecule has 0 amide bonds. The number of rotatable bonds is 9. The Labute approximate surface area is 128 Å². The summed E-state index contributed by atoms with van der Waals surface area (Å²) >= 11 is 0. The van der Waals surface area contributed by atoms with Crippen molar-refractivity contribution in [3.63, 3.8) is 0 Å². The zero-order valence-electron chi connectivity index (χ0n) is 13.8. The summed E-state index contributed by atoms with van der Waals surface area (Å²) in [5.41, 5.74) is 1.22. The topological polar surface area (TPSA) is 37.6 Å². The molecule has 1 aromatic rings. The largest absolute Gasteiger partial charge is 0.462 e. The van der Waals surface area contributed by atoms with E-state index in [1.807, 2.05) is 0 Å². The molecule has 4 nitrogen and oxygen atoms in total. The van der Waals surface area contributed by atoms with Crippen LogP contribution in [0.4, 0.5) is 0 Å². The number of nitrogens with zero attached hydrogens (tertiary/aromatic N) is 1. The van der Waals surface area contributed by atoms with Gasteiger partial charge in [0, 0.05) is 12.6 Å². The second-order valence-corrected chi connectivity index (χ2v) is 6.11. The van der Waals surface area contributed by atoms with Crippen LogP contribution in [0.2, 0.25) is 0 Å². The first-order valence-electron chi connectivity index (χ1n) is 8.27. The molecule has 21 heavy (non-hydrogen) atoms. The molecule has 4 heteroatoms. The standard InChI is InChI=1S/C17H30N2O2/c1-4-8-18-12-17-14(2)11-16(21-17)13-20-10-7-15-6-5-9-19(15)3/h11,15,18H,4-10,12-13H2,1-3H3. The van der Waals surface area contributed by atoms with Crippen LogP contribution in [0.3, 0.4) is 0 Å². The quantitative estimate of drug-likeness (QED) is 0.710. The van der Waals surface area contributed by atoms with E-state index >= 15 is 0 Å². The fourth-order valence-corrected chi connectivity index (χ4v) is 2.95. The van der Waals surface area contributed by atoms with E-state index in [-0.39, 0.29) is 0 Å². The van der Waals surface area contributed by atoms with Gasteiger partial charge in [0.25, 0.3) is 0 Å². The smallest absolute Gasteiger partial charge is 0.130 e. The molecule has 2 heterocycles. The number of hydrogen-bond acceptors (Lipinski definition) is 4. The minimum absolute atomic E-state index is 0.588. The van der Waals surface area contributed by atoms with Crippen LogP contribution in [-0.2, 0) is 17.9 Å². The maximum absolute atomic E-state index is 5.86. The van der Waals surface area contributed by atoms with E-state index < -0.39 is 0 Å². The minimum Gasteiger partial charge on any atom is -0.462 e. The molecule has 0 spiro atoms. The van der Waals surface area contributed by atoms with Gasteiger partial charge in [0.15, 0.2) is 0 Å². The lowest BCUT2D eigenvalue weighted by Crippen LogP contribution is -2.26. The van der Waals surface area contributed by atoms with E-state index in [1.54, 1.807) is 0 Å². The first kappa shape index (κ1) is 16.5. The number of aryl methyl sites for hydroxylation is 1. The molecule has 1 N–H and O–H groups in total. The maximum Gasteiger partial charge on any atom is 0.130 e. The maximum atomic E-state index is 5.86. The van der Waals surface area contributed by atoms with E-state index in [9.17, 15) is 0 Å². The Balaban J connectivity index is 1.67. The van der Waals surface area contributed by atoms with Gasteiger partial charge in [-0.05, 0) is 64.4 Å². The third-order valence-corrected chi connectivity index (χ3v) is 4.30. The predicted octanol–water partition coefficient (Wildman–Crippen LogP) is 3.09. The average Bonchev–Trinajstić information content (AvgIpc) is 3.02. The van der Waals surface area contributed by atoms with E-state index in [0.717, 1.165) is 44.1 Å². The fraction of sp³-hybridized carbons (Fsp3) is 0.765. The highest BCUT2D eigenvalue weighted by molar-refractivity contribution is 5.19. The minimum atomic E-state index is 0.588. The van der Waals surface area contributed by atoms with Crippen molar-refractivity contribution in [2.45, 2.75) is 58.7 Å². The molecule has 1 aliphatic heterocycles. The Bertz CT molecular complexity index is 417. The van der Waals surface area contributed by atoms with Crippen LogP contribution in [0, 0.1) is 6.92 Å². The van der Waals surface area contributed by atoms with Crippen LogP contribution in [0.5, 0.6) is 0 Å². The molecular formula is C17H30N2O2. The van der Waals surface area contributed by atoms with Gasteiger partial charge in [0.1, 0.15) is 18.1 Å². The van der Waals surface area contributed by atoms with Crippen molar-refractivity contribution in [2.24, 2.45) is 0 Å². The highest BCUT2D eigenvalue weighted by Gasteiger charge is 2.20.